The fourth-order valence-corrected chi connectivity index (χ4v) is 3.21. The number of carbonyl (C=O) groups is 1. The Kier molecular flexibility index (Phi) is 12.1. The van der Waals surface area contributed by atoms with E-state index < -0.39 is 0 Å². The van der Waals surface area contributed by atoms with Crippen molar-refractivity contribution >= 4 is 30.7 Å². The van der Waals surface area contributed by atoms with Crippen LogP contribution in [0.5, 0.6) is 0 Å². The molecule has 0 saturated carbocycles. The van der Waals surface area contributed by atoms with Crippen molar-refractivity contribution in [2.75, 3.05) is 26.2 Å². The van der Waals surface area contributed by atoms with Gasteiger partial charge < -0.3 is 16.0 Å². The summed E-state index contributed by atoms with van der Waals surface area (Å²) in [6.45, 7) is 8.25. The molecule has 1 aliphatic heterocycles. The predicted molar refractivity (Wildman–Crippen MR) is 110 cm³/mol. The largest absolute Gasteiger partial charge is 0.354 e. The van der Waals surface area contributed by atoms with Crippen LogP contribution in [0.25, 0.3) is 0 Å². The van der Waals surface area contributed by atoms with Gasteiger partial charge >= 0.3 is 0 Å². The van der Waals surface area contributed by atoms with Gasteiger partial charge in [-0.1, -0.05) is 44.2 Å². The van der Waals surface area contributed by atoms with Crippen molar-refractivity contribution in [2.45, 2.75) is 39.2 Å². The molecule has 1 heterocycles. The number of nitrogens with two attached hydrogens (primary N) is 1. The molecule has 0 radical (unpaired) electrons. The Morgan fingerprint density at radius 1 is 1.28 bits per heavy atom. The van der Waals surface area contributed by atoms with Crippen LogP contribution in [-0.4, -0.2) is 43.0 Å². The molecule has 0 spiro atoms. The molecule has 1 aliphatic rings. The van der Waals surface area contributed by atoms with E-state index in [0.717, 1.165) is 45.4 Å². The number of carbonyl (C=O) groups excluding carboxylic acids is 1. The van der Waals surface area contributed by atoms with E-state index in [1.807, 2.05) is 0 Å². The zero-order chi connectivity index (χ0) is 16.7. The first-order valence-corrected chi connectivity index (χ1v) is 8.84. The molecule has 1 aromatic carbocycles. The minimum Gasteiger partial charge on any atom is -0.354 e. The van der Waals surface area contributed by atoms with Crippen molar-refractivity contribution in [1.29, 1.82) is 0 Å². The van der Waals surface area contributed by atoms with Crippen LogP contribution in [0.4, 0.5) is 0 Å². The smallest absolute Gasteiger partial charge is 0.236 e. The Morgan fingerprint density at radius 2 is 1.96 bits per heavy atom. The molecule has 0 aliphatic carbocycles. The fourth-order valence-electron chi connectivity index (χ4n) is 3.21. The summed E-state index contributed by atoms with van der Waals surface area (Å²) in [6.07, 6.45) is 3.01. The summed E-state index contributed by atoms with van der Waals surface area (Å²) >= 11 is 0. The Morgan fingerprint density at radius 3 is 2.60 bits per heavy atom. The van der Waals surface area contributed by atoms with Crippen LogP contribution in [-0.2, 0) is 11.2 Å². The van der Waals surface area contributed by atoms with Gasteiger partial charge in [0.15, 0.2) is 0 Å². The topological polar surface area (TPSA) is 58.4 Å². The first kappa shape index (κ1) is 24.2. The second kappa shape index (κ2) is 12.5. The standard InChI is InChI=1S/C19H31N3O.2ClH/c1-15(2)12-18(20)19(23)21-13-17-9-11-22(14-17)10-8-16-6-4-3-5-7-16;;/h3-7,15,17-18H,8-14,20H2,1-2H3,(H,21,23);2*1H/t17?,18-;;/m0../s1. The molecule has 2 rings (SSSR count). The SMILES string of the molecule is CC(C)C[C@H](N)C(=O)NCC1CCN(CCc2ccccc2)C1.Cl.Cl. The van der Waals surface area contributed by atoms with E-state index in [1.165, 1.54) is 5.56 Å². The highest BCUT2D eigenvalue weighted by Crippen LogP contribution is 2.16. The van der Waals surface area contributed by atoms with Crippen molar-refractivity contribution in [3.05, 3.63) is 35.9 Å². The second-order valence-corrected chi connectivity index (χ2v) is 7.17. The van der Waals surface area contributed by atoms with E-state index in [9.17, 15) is 4.79 Å². The van der Waals surface area contributed by atoms with Gasteiger partial charge in [0.2, 0.25) is 5.91 Å². The van der Waals surface area contributed by atoms with Crippen LogP contribution >= 0.6 is 24.8 Å². The summed E-state index contributed by atoms with van der Waals surface area (Å²) in [5.74, 6) is 1.01. The van der Waals surface area contributed by atoms with Gasteiger partial charge in [-0.15, -0.1) is 24.8 Å². The Balaban J connectivity index is 0.00000288. The van der Waals surface area contributed by atoms with Gasteiger partial charge in [0, 0.05) is 19.6 Å². The summed E-state index contributed by atoms with van der Waals surface area (Å²) in [5, 5.41) is 3.03. The van der Waals surface area contributed by atoms with Gasteiger partial charge in [-0.25, -0.2) is 0 Å². The van der Waals surface area contributed by atoms with E-state index >= 15 is 0 Å². The molecule has 25 heavy (non-hydrogen) atoms. The summed E-state index contributed by atoms with van der Waals surface area (Å²) in [5.41, 5.74) is 7.31. The number of benzene rings is 1. The average molecular weight is 390 g/mol. The predicted octanol–water partition coefficient (Wildman–Crippen LogP) is 2.88. The van der Waals surface area contributed by atoms with E-state index in [2.05, 4.69) is 54.4 Å². The van der Waals surface area contributed by atoms with Crippen molar-refractivity contribution in [3.63, 3.8) is 0 Å². The fraction of sp³-hybridized carbons (Fsp3) is 0.632. The molecule has 1 unspecified atom stereocenters. The number of hydrogen-bond donors (Lipinski definition) is 2. The lowest BCUT2D eigenvalue weighted by Crippen LogP contribution is -2.43. The maximum absolute atomic E-state index is 12.0. The second-order valence-electron chi connectivity index (χ2n) is 7.17. The molecule has 1 saturated heterocycles. The summed E-state index contributed by atoms with van der Waals surface area (Å²) in [4.78, 5) is 14.5. The first-order chi connectivity index (χ1) is 11.0. The molecule has 4 nitrogen and oxygen atoms in total. The average Bonchev–Trinajstić information content (AvgIpc) is 2.99. The molecule has 2 atom stereocenters. The summed E-state index contributed by atoms with van der Waals surface area (Å²) in [7, 11) is 0. The van der Waals surface area contributed by atoms with Gasteiger partial charge in [0.1, 0.15) is 0 Å². The number of hydrogen-bond acceptors (Lipinski definition) is 3. The number of rotatable bonds is 8. The van der Waals surface area contributed by atoms with Crippen LogP contribution in [0.3, 0.4) is 0 Å². The van der Waals surface area contributed by atoms with Gasteiger partial charge in [0.25, 0.3) is 0 Å². The molecule has 0 aromatic heterocycles. The van der Waals surface area contributed by atoms with Crippen LogP contribution in [0.1, 0.15) is 32.3 Å². The zero-order valence-electron chi connectivity index (χ0n) is 15.3. The third kappa shape index (κ3) is 8.91. The van der Waals surface area contributed by atoms with Crippen LogP contribution in [0.2, 0.25) is 0 Å². The van der Waals surface area contributed by atoms with Crippen molar-refractivity contribution in [1.82, 2.24) is 10.2 Å². The lowest BCUT2D eigenvalue weighted by Gasteiger charge is -2.18. The Bertz CT molecular complexity index is 485. The van der Waals surface area contributed by atoms with Crippen LogP contribution in [0, 0.1) is 11.8 Å². The van der Waals surface area contributed by atoms with E-state index in [4.69, 9.17) is 5.73 Å². The van der Waals surface area contributed by atoms with Gasteiger partial charge in [-0.2, -0.15) is 0 Å². The number of amides is 1. The molecule has 3 N–H and O–H groups in total. The molecule has 1 fully saturated rings. The molecular weight excluding hydrogens is 357 g/mol. The lowest BCUT2D eigenvalue weighted by molar-refractivity contribution is -0.122. The Labute approximate surface area is 164 Å². The van der Waals surface area contributed by atoms with Gasteiger partial charge in [0.05, 0.1) is 6.04 Å². The summed E-state index contributed by atoms with van der Waals surface area (Å²) in [6, 6.07) is 10.2. The molecule has 6 heteroatoms. The van der Waals surface area contributed by atoms with E-state index in [1.54, 1.807) is 0 Å². The zero-order valence-corrected chi connectivity index (χ0v) is 17.0. The minimum atomic E-state index is -0.370. The number of nitrogens with one attached hydrogen (secondary N) is 1. The molecule has 0 bridgehead atoms. The maximum Gasteiger partial charge on any atom is 0.236 e. The minimum absolute atomic E-state index is 0. The molecular formula is C19H33Cl2N3O. The quantitative estimate of drug-likeness (QED) is 0.718. The molecule has 144 valence electrons. The molecule has 1 amide bonds. The lowest BCUT2D eigenvalue weighted by atomic mass is 10.0. The normalized spacial score (nSPS) is 18.3. The van der Waals surface area contributed by atoms with Crippen molar-refractivity contribution in [2.24, 2.45) is 17.6 Å². The third-order valence-corrected chi connectivity index (χ3v) is 4.56. The van der Waals surface area contributed by atoms with Crippen molar-refractivity contribution < 1.29 is 4.79 Å². The number of likely N-dealkylation sites (tertiary alicyclic amines) is 1. The van der Waals surface area contributed by atoms with Crippen LogP contribution < -0.4 is 11.1 Å². The number of halogens is 2. The van der Waals surface area contributed by atoms with Crippen molar-refractivity contribution in [3.8, 4) is 0 Å². The van der Waals surface area contributed by atoms with Crippen LogP contribution in [0.15, 0.2) is 30.3 Å². The maximum atomic E-state index is 12.0. The first-order valence-electron chi connectivity index (χ1n) is 8.84. The van der Waals surface area contributed by atoms with Gasteiger partial charge in [-0.05, 0) is 43.2 Å². The van der Waals surface area contributed by atoms with Gasteiger partial charge in [-0.3, -0.25) is 4.79 Å². The highest BCUT2D eigenvalue weighted by atomic mass is 35.5. The Hall–Kier alpha value is -0.810. The highest BCUT2D eigenvalue weighted by Gasteiger charge is 2.23. The third-order valence-electron chi connectivity index (χ3n) is 4.56. The number of nitrogens with zero attached hydrogens (tertiary/aromatic N) is 1. The van der Waals surface area contributed by atoms with E-state index in [0.29, 0.717) is 11.8 Å². The highest BCUT2D eigenvalue weighted by molar-refractivity contribution is 5.85. The van der Waals surface area contributed by atoms with E-state index in [-0.39, 0.29) is 36.8 Å². The monoisotopic (exact) mass is 389 g/mol. The molecule has 1 aromatic rings. The summed E-state index contributed by atoms with van der Waals surface area (Å²) < 4.78 is 0.